The minimum atomic E-state index is -0.656. The highest BCUT2D eigenvalue weighted by Gasteiger charge is 2.09. The van der Waals surface area contributed by atoms with Crippen molar-refractivity contribution in [3.05, 3.63) is 40.2 Å². The average molecular weight is 347 g/mol. The Labute approximate surface area is 144 Å². The number of rotatable bonds is 8. The number of amides is 1. The summed E-state index contributed by atoms with van der Waals surface area (Å²) in [6, 6.07) is 6.36. The normalized spacial score (nSPS) is 10.5. The number of hydrogen-bond acceptors (Lipinski definition) is 6. The molecule has 25 heavy (non-hydrogen) atoms. The SMILES string of the molecule is CCCCNC(=O)COC(=O)COc1ccc2c(C)cc(=O)oc2c1. The lowest BCUT2D eigenvalue weighted by Crippen LogP contribution is -2.30. The molecular weight excluding hydrogens is 326 g/mol. The molecule has 0 unspecified atom stereocenters. The van der Waals surface area contributed by atoms with E-state index in [2.05, 4.69) is 5.32 Å². The number of ether oxygens (including phenoxy) is 2. The average Bonchev–Trinajstić information content (AvgIpc) is 2.58. The molecule has 0 aliphatic rings. The monoisotopic (exact) mass is 347 g/mol. The predicted molar refractivity (Wildman–Crippen MR) is 91.6 cm³/mol. The largest absolute Gasteiger partial charge is 0.482 e. The molecule has 7 nitrogen and oxygen atoms in total. The number of carbonyl (C=O) groups excluding carboxylic acids is 2. The molecule has 0 bridgehead atoms. The van der Waals surface area contributed by atoms with Gasteiger partial charge in [-0.2, -0.15) is 0 Å². The lowest BCUT2D eigenvalue weighted by Gasteiger charge is -2.08. The van der Waals surface area contributed by atoms with E-state index >= 15 is 0 Å². The van der Waals surface area contributed by atoms with E-state index in [1.165, 1.54) is 12.1 Å². The minimum absolute atomic E-state index is 0.336. The van der Waals surface area contributed by atoms with Crippen LogP contribution in [0.4, 0.5) is 0 Å². The van der Waals surface area contributed by atoms with E-state index in [4.69, 9.17) is 13.9 Å². The summed E-state index contributed by atoms with van der Waals surface area (Å²) in [5.74, 6) is -0.633. The Hall–Kier alpha value is -2.83. The van der Waals surface area contributed by atoms with Crippen LogP contribution in [0.1, 0.15) is 25.3 Å². The number of carbonyl (C=O) groups is 2. The van der Waals surface area contributed by atoms with Crippen LogP contribution in [0.2, 0.25) is 0 Å². The molecule has 1 aromatic carbocycles. The molecule has 1 aromatic heterocycles. The second-order valence-electron chi connectivity index (χ2n) is 5.56. The summed E-state index contributed by atoms with van der Waals surface area (Å²) in [6.07, 6.45) is 1.85. The van der Waals surface area contributed by atoms with Crippen LogP contribution in [0.5, 0.6) is 5.75 Å². The molecule has 0 fully saturated rings. The van der Waals surface area contributed by atoms with Crippen molar-refractivity contribution in [1.29, 1.82) is 0 Å². The van der Waals surface area contributed by atoms with Gasteiger partial charge in [-0.15, -0.1) is 0 Å². The second-order valence-corrected chi connectivity index (χ2v) is 5.56. The van der Waals surface area contributed by atoms with Crippen molar-refractivity contribution in [2.75, 3.05) is 19.8 Å². The summed E-state index contributed by atoms with van der Waals surface area (Å²) in [4.78, 5) is 34.5. The summed E-state index contributed by atoms with van der Waals surface area (Å²) in [5.41, 5.74) is 0.730. The van der Waals surface area contributed by atoms with E-state index < -0.39 is 11.6 Å². The first-order valence-electron chi connectivity index (χ1n) is 8.09. The van der Waals surface area contributed by atoms with Crippen molar-refractivity contribution in [3.63, 3.8) is 0 Å². The molecule has 0 saturated heterocycles. The van der Waals surface area contributed by atoms with Crippen molar-refractivity contribution < 1.29 is 23.5 Å². The van der Waals surface area contributed by atoms with E-state index in [-0.39, 0.29) is 19.1 Å². The van der Waals surface area contributed by atoms with E-state index in [9.17, 15) is 14.4 Å². The van der Waals surface area contributed by atoms with Crippen LogP contribution in [0.25, 0.3) is 11.0 Å². The van der Waals surface area contributed by atoms with Crippen molar-refractivity contribution >= 4 is 22.8 Å². The number of nitrogens with one attached hydrogen (secondary N) is 1. The van der Waals surface area contributed by atoms with E-state index in [1.807, 2.05) is 13.8 Å². The first-order valence-corrected chi connectivity index (χ1v) is 8.09. The first-order chi connectivity index (χ1) is 12.0. The Morgan fingerprint density at radius 3 is 2.76 bits per heavy atom. The summed E-state index contributed by atoms with van der Waals surface area (Å²) < 4.78 is 15.3. The Balaban J connectivity index is 1.84. The zero-order valence-electron chi connectivity index (χ0n) is 14.3. The molecule has 1 amide bonds. The van der Waals surface area contributed by atoms with Crippen molar-refractivity contribution in [2.45, 2.75) is 26.7 Å². The van der Waals surface area contributed by atoms with Gasteiger partial charge in [-0.05, 0) is 31.0 Å². The van der Waals surface area contributed by atoms with Gasteiger partial charge in [0, 0.05) is 24.1 Å². The van der Waals surface area contributed by atoms with Gasteiger partial charge in [0.1, 0.15) is 11.3 Å². The lowest BCUT2D eigenvalue weighted by atomic mass is 10.1. The second kappa shape index (κ2) is 8.86. The molecule has 0 aliphatic heterocycles. The smallest absolute Gasteiger partial charge is 0.344 e. The summed E-state index contributed by atoms with van der Waals surface area (Å²) in [7, 11) is 0. The summed E-state index contributed by atoms with van der Waals surface area (Å²) in [5, 5.41) is 3.43. The lowest BCUT2D eigenvalue weighted by molar-refractivity contribution is -0.150. The highest BCUT2D eigenvalue weighted by Crippen LogP contribution is 2.22. The van der Waals surface area contributed by atoms with Crippen molar-refractivity contribution in [2.24, 2.45) is 0 Å². The van der Waals surface area contributed by atoms with Gasteiger partial charge in [0.2, 0.25) is 0 Å². The van der Waals surface area contributed by atoms with Crippen molar-refractivity contribution in [1.82, 2.24) is 5.32 Å². The maximum absolute atomic E-state index is 11.6. The maximum atomic E-state index is 11.6. The Morgan fingerprint density at radius 1 is 1.20 bits per heavy atom. The van der Waals surface area contributed by atoms with Gasteiger partial charge in [-0.3, -0.25) is 4.79 Å². The van der Waals surface area contributed by atoms with E-state index in [0.717, 1.165) is 23.8 Å². The molecule has 0 spiro atoms. The molecule has 1 heterocycles. The minimum Gasteiger partial charge on any atom is -0.482 e. The topological polar surface area (TPSA) is 94.8 Å². The zero-order chi connectivity index (χ0) is 18.2. The highest BCUT2D eigenvalue weighted by atomic mass is 16.6. The summed E-state index contributed by atoms with van der Waals surface area (Å²) in [6.45, 7) is 3.71. The van der Waals surface area contributed by atoms with Crippen LogP contribution in [0, 0.1) is 6.92 Å². The number of hydrogen-bond donors (Lipinski definition) is 1. The van der Waals surface area contributed by atoms with Gasteiger partial charge < -0.3 is 19.2 Å². The van der Waals surface area contributed by atoms with Gasteiger partial charge >= 0.3 is 11.6 Å². The Morgan fingerprint density at radius 2 is 2.00 bits per heavy atom. The van der Waals surface area contributed by atoms with Crippen LogP contribution >= 0.6 is 0 Å². The Bertz CT molecular complexity index is 811. The molecule has 134 valence electrons. The standard InChI is InChI=1S/C18H21NO6/c1-3-4-7-19-16(20)10-24-18(22)11-23-13-5-6-14-12(2)8-17(21)25-15(14)9-13/h5-6,8-9H,3-4,7,10-11H2,1-2H3,(H,19,20). The fourth-order valence-corrected chi connectivity index (χ4v) is 2.18. The Kier molecular flexibility index (Phi) is 6.56. The van der Waals surface area contributed by atoms with Crippen LogP contribution in [0.15, 0.2) is 33.5 Å². The molecule has 7 heteroatoms. The molecule has 0 aliphatic carbocycles. The van der Waals surface area contributed by atoms with Crippen LogP contribution in [-0.4, -0.2) is 31.6 Å². The number of unbranched alkanes of at least 4 members (excludes halogenated alkanes) is 1. The van der Waals surface area contributed by atoms with E-state index in [1.54, 1.807) is 12.1 Å². The third-order valence-electron chi connectivity index (χ3n) is 3.50. The molecule has 2 aromatic rings. The van der Waals surface area contributed by atoms with Crippen LogP contribution < -0.4 is 15.7 Å². The number of benzene rings is 1. The molecule has 0 saturated carbocycles. The fraction of sp³-hybridized carbons (Fsp3) is 0.389. The zero-order valence-corrected chi connectivity index (χ0v) is 14.3. The molecule has 1 N–H and O–H groups in total. The van der Waals surface area contributed by atoms with Crippen LogP contribution in [-0.2, 0) is 14.3 Å². The highest BCUT2D eigenvalue weighted by molar-refractivity contribution is 5.82. The van der Waals surface area contributed by atoms with Gasteiger partial charge in [0.15, 0.2) is 13.2 Å². The molecular formula is C18H21NO6. The molecule has 2 rings (SSSR count). The van der Waals surface area contributed by atoms with Gasteiger partial charge in [-0.1, -0.05) is 13.3 Å². The fourth-order valence-electron chi connectivity index (χ4n) is 2.18. The molecule has 0 atom stereocenters. The van der Waals surface area contributed by atoms with Gasteiger partial charge in [0.05, 0.1) is 0 Å². The van der Waals surface area contributed by atoms with Crippen molar-refractivity contribution in [3.8, 4) is 5.75 Å². The number of fused-ring (bicyclic) bond motifs is 1. The third kappa shape index (κ3) is 5.63. The summed E-state index contributed by atoms with van der Waals surface area (Å²) >= 11 is 0. The van der Waals surface area contributed by atoms with Gasteiger partial charge in [0.25, 0.3) is 5.91 Å². The molecule has 0 radical (unpaired) electrons. The quantitative estimate of drug-likeness (QED) is 0.445. The first kappa shape index (κ1) is 18.5. The predicted octanol–water partition coefficient (Wildman–Crippen LogP) is 1.94. The maximum Gasteiger partial charge on any atom is 0.344 e. The van der Waals surface area contributed by atoms with E-state index in [0.29, 0.717) is 17.9 Å². The third-order valence-corrected chi connectivity index (χ3v) is 3.50. The van der Waals surface area contributed by atoms with Gasteiger partial charge in [-0.25, -0.2) is 9.59 Å². The van der Waals surface area contributed by atoms with Crippen LogP contribution in [0.3, 0.4) is 0 Å². The number of esters is 1. The number of aryl methyl sites for hydroxylation is 1.